The second-order valence-electron chi connectivity index (χ2n) is 4.45. The molecule has 0 bridgehead atoms. The average molecular weight is 330 g/mol. The zero-order valence-corrected chi connectivity index (χ0v) is 11.9. The lowest BCUT2D eigenvalue weighted by Gasteiger charge is -2.26. The molecule has 1 heterocycles. The van der Waals surface area contributed by atoms with Crippen molar-refractivity contribution in [1.29, 1.82) is 0 Å². The lowest BCUT2D eigenvalue weighted by molar-refractivity contribution is -0.142. The molecule has 0 aromatic heterocycles. The molecule has 4 nitrogen and oxygen atoms in total. The minimum atomic E-state index is -1.00. The summed E-state index contributed by atoms with van der Waals surface area (Å²) in [4.78, 5) is 24.6. The van der Waals surface area contributed by atoms with Gasteiger partial charge in [0.05, 0.1) is 16.4 Å². The highest BCUT2D eigenvalue weighted by molar-refractivity contribution is 9.10. The summed E-state index contributed by atoms with van der Waals surface area (Å²) in [5.74, 6) is -2.39. The summed E-state index contributed by atoms with van der Waals surface area (Å²) in [5.41, 5.74) is 0.633. The van der Waals surface area contributed by atoms with Gasteiger partial charge in [0, 0.05) is 13.0 Å². The Hall–Kier alpha value is -1.43. The van der Waals surface area contributed by atoms with Crippen LogP contribution in [0.4, 0.5) is 4.39 Å². The number of rotatable bonds is 3. The molecule has 1 fully saturated rings. The van der Waals surface area contributed by atoms with Gasteiger partial charge in [0.2, 0.25) is 5.91 Å². The van der Waals surface area contributed by atoms with E-state index in [9.17, 15) is 19.1 Å². The molecule has 19 heavy (non-hydrogen) atoms. The van der Waals surface area contributed by atoms with Crippen LogP contribution in [0.5, 0.6) is 0 Å². The summed E-state index contributed by atoms with van der Waals surface area (Å²) in [5, 5.41) is 9.24. The molecule has 0 spiro atoms. The largest absolute Gasteiger partial charge is 0.481 e. The van der Waals surface area contributed by atoms with Gasteiger partial charge >= 0.3 is 5.97 Å². The molecule has 2 unspecified atom stereocenters. The number of aliphatic carboxylic acids is 1. The molecular weight excluding hydrogens is 317 g/mol. The van der Waals surface area contributed by atoms with Crippen LogP contribution in [0.25, 0.3) is 0 Å². The maximum absolute atomic E-state index is 13.3. The molecule has 1 amide bonds. The number of carbonyl (C=O) groups excluding carboxylic acids is 1. The fourth-order valence-corrected chi connectivity index (χ4v) is 2.89. The Balaban J connectivity index is 2.45. The predicted molar refractivity (Wildman–Crippen MR) is 70.0 cm³/mol. The second-order valence-corrected chi connectivity index (χ2v) is 5.30. The van der Waals surface area contributed by atoms with E-state index >= 15 is 0 Å². The van der Waals surface area contributed by atoms with Gasteiger partial charge < -0.3 is 10.0 Å². The van der Waals surface area contributed by atoms with Gasteiger partial charge in [-0.2, -0.15) is 0 Å². The van der Waals surface area contributed by atoms with Crippen molar-refractivity contribution in [2.24, 2.45) is 5.92 Å². The number of hydrogen-bond acceptors (Lipinski definition) is 2. The summed E-state index contributed by atoms with van der Waals surface area (Å²) in [7, 11) is 0. The van der Waals surface area contributed by atoms with Crippen LogP contribution in [-0.4, -0.2) is 28.4 Å². The van der Waals surface area contributed by atoms with Crippen LogP contribution in [0.3, 0.4) is 0 Å². The van der Waals surface area contributed by atoms with E-state index in [1.807, 2.05) is 0 Å². The van der Waals surface area contributed by atoms with Crippen molar-refractivity contribution < 1.29 is 19.1 Å². The number of carbonyl (C=O) groups is 2. The van der Waals surface area contributed by atoms with E-state index in [0.29, 0.717) is 12.1 Å². The van der Waals surface area contributed by atoms with Crippen molar-refractivity contribution >= 4 is 27.8 Å². The summed E-state index contributed by atoms with van der Waals surface area (Å²) in [6.07, 6.45) is -0.0111. The topological polar surface area (TPSA) is 57.6 Å². The first kappa shape index (κ1) is 14.0. The third kappa shape index (κ3) is 2.49. The van der Waals surface area contributed by atoms with Crippen LogP contribution < -0.4 is 0 Å². The number of amides is 1. The quantitative estimate of drug-likeness (QED) is 0.927. The van der Waals surface area contributed by atoms with Crippen molar-refractivity contribution in [1.82, 2.24) is 4.90 Å². The van der Waals surface area contributed by atoms with Gasteiger partial charge in [-0.25, -0.2) is 4.39 Å². The van der Waals surface area contributed by atoms with Crippen molar-refractivity contribution in [2.75, 3.05) is 6.54 Å². The minimum absolute atomic E-state index is 0.0111. The molecule has 2 rings (SSSR count). The maximum atomic E-state index is 13.3. The molecule has 0 radical (unpaired) electrons. The van der Waals surface area contributed by atoms with Crippen molar-refractivity contribution in [3.63, 3.8) is 0 Å². The van der Waals surface area contributed by atoms with Gasteiger partial charge in [-0.3, -0.25) is 9.59 Å². The summed E-state index contributed by atoms with van der Waals surface area (Å²) in [6.45, 7) is 2.23. The average Bonchev–Trinajstić information content (AvgIpc) is 2.69. The Morgan fingerprint density at radius 2 is 2.26 bits per heavy atom. The Morgan fingerprint density at radius 3 is 2.79 bits per heavy atom. The third-order valence-electron chi connectivity index (χ3n) is 3.37. The Morgan fingerprint density at radius 1 is 1.58 bits per heavy atom. The van der Waals surface area contributed by atoms with Gasteiger partial charge in [0.15, 0.2) is 0 Å². The van der Waals surface area contributed by atoms with E-state index in [1.165, 1.54) is 23.1 Å². The van der Waals surface area contributed by atoms with Crippen molar-refractivity contribution in [2.45, 2.75) is 19.4 Å². The van der Waals surface area contributed by atoms with Crippen molar-refractivity contribution in [3.05, 3.63) is 34.1 Å². The Bertz CT molecular complexity index is 535. The number of nitrogens with zero attached hydrogens (tertiary/aromatic N) is 1. The Labute approximate surface area is 118 Å². The van der Waals surface area contributed by atoms with E-state index in [0.717, 1.165) is 0 Å². The zero-order valence-electron chi connectivity index (χ0n) is 10.3. The first-order valence-electron chi connectivity index (χ1n) is 5.93. The molecule has 2 atom stereocenters. The molecule has 1 aliphatic heterocycles. The fourth-order valence-electron chi connectivity index (χ4n) is 2.49. The van der Waals surface area contributed by atoms with E-state index in [-0.39, 0.29) is 16.8 Å². The predicted octanol–water partition coefficient (Wildman–Crippen LogP) is 2.58. The van der Waals surface area contributed by atoms with Crippen LogP contribution in [0.15, 0.2) is 22.7 Å². The van der Waals surface area contributed by atoms with Crippen LogP contribution in [0.2, 0.25) is 0 Å². The van der Waals surface area contributed by atoms with Crippen LogP contribution in [-0.2, 0) is 9.59 Å². The molecule has 1 aromatic carbocycles. The molecule has 1 aromatic rings. The molecule has 0 saturated carbocycles. The SMILES string of the molecule is CCN1C(=O)CC(C(=O)O)C1c1ccc(F)c(Br)c1. The highest BCUT2D eigenvalue weighted by atomic mass is 79.9. The standard InChI is InChI=1S/C13H13BrFNO3/c1-2-16-11(17)6-8(13(18)19)12(16)7-3-4-10(15)9(14)5-7/h3-5,8,12H,2,6H2,1H3,(H,18,19). The van der Waals surface area contributed by atoms with E-state index < -0.39 is 23.7 Å². The maximum Gasteiger partial charge on any atom is 0.309 e. The number of halogens is 2. The Kier molecular flexibility index (Phi) is 3.89. The molecule has 6 heteroatoms. The molecule has 1 aliphatic rings. The second kappa shape index (κ2) is 5.28. The molecule has 1 saturated heterocycles. The van der Waals surface area contributed by atoms with Gasteiger partial charge in [0.1, 0.15) is 5.82 Å². The van der Waals surface area contributed by atoms with E-state index in [4.69, 9.17) is 0 Å². The number of carboxylic acid groups (broad SMARTS) is 1. The fraction of sp³-hybridized carbons (Fsp3) is 0.385. The van der Waals surface area contributed by atoms with Gasteiger partial charge in [-0.05, 0) is 40.5 Å². The molecule has 1 N–H and O–H groups in total. The molecule has 102 valence electrons. The number of likely N-dealkylation sites (tertiary alicyclic amines) is 1. The zero-order chi connectivity index (χ0) is 14.2. The van der Waals surface area contributed by atoms with Gasteiger partial charge in [-0.1, -0.05) is 6.07 Å². The molecular formula is C13H13BrFNO3. The van der Waals surface area contributed by atoms with Crippen LogP contribution >= 0.6 is 15.9 Å². The van der Waals surface area contributed by atoms with E-state index in [2.05, 4.69) is 15.9 Å². The van der Waals surface area contributed by atoms with Crippen molar-refractivity contribution in [3.8, 4) is 0 Å². The number of benzene rings is 1. The summed E-state index contributed by atoms with van der Waals surface area (Å²) >= 11 is 3.08. The van der Waals surface area contributed by atoms with Crippen LogP contribution in [0.1, 0.15) is 24.9 Å². The first-order valence-corrected chi connectivity index (χ1v) is 6.72. The van der Waals surface area contributed by atoms with Crippen LogP contribution in [0, 0.1) is 11.7 Å². The monoisotopic (exact) mass is 329 g/mol. The normalized spacial score (nSPS) is 22.9. The van der Waals surface area contributed by atoms with E-state index in [1.54, 1.807) is 6.92 Å². The minimum Gasteiger partial charge on any atom is -0.481 e. The molecule has 0 aliphatic carbocycles. The van der Waals surface area contributed by atoms with Gasteiger partial charge in [-0.15, -0.1) is 0 Å². The number of hydrogen-bond donors (Lipinski definition) is 1. The third-order valence-corrected chi connectivity index (χ3v) is 3.98. The van der Waals surface area contributed by atoms with Gasteiger partial charge in [0.25, 0.3) is 0 Å². The summed E-state index contributed by atoms with van der Waals surface area (Å²) in [6, 6.07) is 3.81. The highest BCUT2D eigenvalue weighted by Crippen LogP contribution is 2.39. The summed E-state index contributed by atoms with van der Waals surface area (Å²) < 4.78 is 13.5. The smallest absolute Gasteiger partial charge is 0.309 e. The lowest BCUT2D eigenvalue weighted by Crippen LogP contribution is -2.30. The lowest BCUT2D eigenvalue weighted by atomic mass is 9.94. The highest BCUT2D eigenvalue weighted by Gasteiger charge is 2.43. The number of carboxylic acids is 1. The first-order chi connectivity index (χ1) is 8.95.